The lowest BCUT2D eigenvalue weighted by Crippen LogP contribution is -2.42. The number of carbonyl (C=O) groups is 1. The minimum Gasteiger partial charge on any atom is -0.397 e. The number of nitrogens with two attached hydrogens (primary N) is 1. The molecule has 1 amide bonds. The second kappa shape index (κ2) is 7.73. The van der Waals surface area contributed by atoms with E-state index in [0.717, 1.165) is 0 Å². The van der Waals surface area contributed by atoms with Gasteiger partial charge < -0.3 is 11.1 Å². The smallest absolute Gasteiger partial charge is 0.241 e. The summed E-state index contributed by atoms with van der Waals surface area (Å²) in [6.07, 6.45) is 0.394. The highest BCUT2D eigenvalue weighted by atomic mass is 35.5. The summed E-state index contributed by atoms with van der Waals surface area (Å²) < 4.78 is 0. The lowest BCUT2D eigenvalue weighted by molar-refractivity contribution is -0.120. The van der Waals surface area contributed by atoms with Crippen molar-refractivity contribution in [2.45, 2.75) is 26.3 Å². The number of hydrogen-bond acceptors (Lipinski definition) is 4. The Morgan fingerprint density at radius 2 is 2.30 bits per heavy atom. The number of nitrogens with zero attached hydrogens (tertiary/aromatic N) is 2. The summed E-state index contributed by atoms with van der Waals surface area (Å²) in [6.45, 7) is 5.01. The maximum atomic E-state index is 12.2. The van der Waals surface area contributed by atoms with Gasteiger partial charge >= 0.3 is 0 Å². The number of nitrogen functional groups attached to an aromatic ring is 1. The molecule has 0 aromatic heterocycles. The van der Waals surface area contributed by atoms with Crippen molar-refractivity contribution in [2.24, 2.45) is 0 Å². The van der Waals surface area contributed by atoms with E-state index in [1.54, 1.807) is 25.1 Å². The average molecular weight is 295 g/mol. The van der Waals surface area contributed by atoms with E-state index < -0.39 is 0 Å². The molecule has 0 saturated heterocycles. The van der Waals surface area contributed by atoms with Crippen LogP contribution in [0, 0.1) is 11.3 Å². The van der Waals surface area contributed by atoms with E-state index in [-0.39, 0.29) is 11.9 Å². The summed E-state index contributed by atoms with van der Waals surface area (Å²) in [5.74, 6) is -0.168. The molecule has 20 heavy (non-hydrogen) atoms. The highest BCUT2D eigenvalue weighted by Crippen LogP contribution is 2.23. The number of amides is 1. The van der Waals surface area contributed by atoms with Crippen LogP contribution in [0.15, 0.2) is 18.2 Å². The molecule has 1 aromatic carbocycles. The van der Waals surface area contributed by atoms with Gasteiger partial charge in [0.1, 0.15) is 0 Å². The minimum atomic E-state index is -0.341. The lowest BCUT2D eigenvalue weighted by atomic mass is 10.2. The zero-order chi connectivity index (χ0) is 15.1. The molecule has 6 heteroatoms. The molecule has 0 aliphatic carbocycles. The van der Waals surface area contributed by atoms with Crippen LogP contribution in [0.25, 0.3) is 0 Å². The Morgan fingerprint density at radius 1 is 1.60 bits per heavy atom. The van der Waals surface area contributed by atoms with Gasteiger partial charge in [-0.25, -0.2) is 0 Å². The second-order valence-corrected chi connectivity index (χ2v) is 4.87. The minimum absolute atomic E-state index is 0.168. The Labute approximate surface area is 124 Å². The maximum absolute atomic E-state index is 12.2. The van der Waals surface area contributed by atoms with Crippen molar-refractivity contribution in [3.05, 3.63) is 23.2 Å². The first-order valence-corrected chi connectivity index (χ1v) is 6.84. The molecule has 0 spiro atoms. The Kier molecular flexibility index (Phi) is 6.29. The molecule has 0 saturated carbocycles. The van der Waals surface area contributed by atoms with Gasteiger partial charge in [0.2, 0.25) is 5.91 Å². The Morgan fingerprint density at radius 3 is 2.90 bits per heavy atom. The number of benzene rings is 1. The van der Waals surface area contributed by atoms with Crippen molar-refractivity contribution >= 4 is 28.9 Å². The predicted octanol–water partition coefficient (Wildman–Crippen LogP) is 2.48. The van der Waals surface area contributed by atoms with Crippen LogP contribution in [0.4, 0.5) is 11.4 Å². The molecule has 1 atom stereocenters. The largest absolute Gasteiger partial charge is 0.397 e. The van der Waals surface area contributed by atoms with Gasteiger partial charge in [0.15, 0.2) is 0 Å². The molecule has 1 aromatic rings. The van der Waals surface area contributed by atoms with Gasteiger partial charge in [-0.15, -0.1) is 0 Å². The van der Waals surface area contributed by atoms with Crippen LogP contribution in [-0.4, -0.2) is 29.9 Å². The van der Waals surface area contributed by atoms with E-state index in [1.807, 2.05) is 11.8 Å². The third kappa shape index (κ3) is 4.41. The SMILES string of the molecule is CCN(CCC#N)C(C)C(=O)Nc1cc(Cl)ccc1N. The highest BCUT2D eigenvalue weighted by Gasteiger charge is 2.20. The number of rotatable bonds is 6. The van der Waals surface area contributed by atoms with E-state index in [2.05, 4.69) is 11.4 Å². The molecule has 0 aliphatic rings. The van der Waals surface area contributed by atoms with E-state index in [4.69, 9.17) is 22.6 Å². The van der Waals surface area contributed by atoms with Crippen LogP contribution in [0.1, 0.15) is 20.3 Å². The molecule has 0 fully saturated rings. The zero-order valence-corrected chi connectivity index (χ0v) is 12.4. The number of anilines is 2. The molecule has 108 valence electrons. The number of nitriles is 1. The van der Waals surface area contributed by atoms with Crippen molar-refractivity contribution in [3.63, 3.8) is 0 Å². The van der Waals surface area contributed by atoms with Crippen molar-refractivity contribution in [2.75, 3.05) is 24.1 Å². The van der Waals surface area contributed by atoms with E-state index in [0.29, 0.717) is 35.9 Å². The molecule has 1 rings (SSSR count). The van der Waals surface area contributed by atoms with Gasteiger partial charge in [-0.05, 0) is 31.7 Å². The normalized spacial score (nSPS) is 11.9. The number of nitrogens with one attached hydrogen (secondary N) is 1. The summed E-state index contributed by atoms with van der Waals surface area (Å²) in [5, 5.41) is 11.9. The van der Waals surface area contributed by atoms with Crippen molar-refractivity contribution in [1.82, 2.24) is 4.90 Å². The summed E-state index contributed by atoms with van der Waals surface area (Å²) >= 11 is 5.88. The van der Waals surface area contributed by atoms with Crippen molar-refractivity contribution < 1.29 is 4.79 Å². The predicted molar refractivity (Wildman–Crippen MR) is 81.4 cm³/mol. The third-order valence-electron chi connectivity index (χ3n) is 3.12. The Hall–Kier alpha value is -1.77. The maximum Gasteiger partial charge on any atom is 0.241 e. The van der Waals surface area contributed by atoms with E-state index in [9.17, 15) is 4.79 Å². The summed E-state index contributed by atoms with van der Waals surface area (Å²) in [5.41, 5.74) is 6.77. The van der Waals surface area contributed by atoms with Crippen LogP contribution in [0.2, 0.25) is 5.02 Å². The van der Waals surface area contributed by atoms with E-state index >= 15 is 0 Å². The van der Waals surface area contributed by atoms with Gasteiger partial charge in [-0.2, -0.15) is 5.26 Å². The summed E-state index contributed by atoms with van der Waals surface area (Å²) in [4.78, 5) is 14.1. The molecular formula is C14H19ClN4O. The summed E-state index contributed by atoms with van der Waals surface area (Å²) in [7, 11) is 0. The fourth-order valence-electron chi connectivity index (χ4n) is 1.86. The lowest BCUT2D eigenvalue weighted by Gasteiger charge is -2.26. The second-order valence-electron chi connectivity index (χ2n) is 4.43. The first kappa shape index (κ1) is 16.3. The van der Waals surface area contributed by atoms with Gasteiger partial charge in [-0.3, -0.25) is 9.69 Å². The first-order chi connectivity index (χ1) is 9.49. The Balaban J connectivity index is 2.74. The highest BCUT2D eigenvalue weighted by molar-refractivity contribution is 6.31. The standard InChI is InChI=1S/C14H19ClN4O/c1-3-19(8-4-7-16)10(2)14(20)18-13-9-11(15)5-6-12(13)17/h5-6,9-10H,3-4,8,17H2,1-2H3,(H,18,20). The topological polar surface area (TPSA) is 82.2 Å². The molecule has 0 radical (unpaired) electrons. The molecule has 0 bridgehead atoms. The fourth-order valence-corrected chi connectivity index (χ4v) is 2.03. The van der Waals surface area contributed by atoms with Crippen LogP contribution >= 0.6 is 11.6 Å². The quantitative estimate of drug-likeness (QED) is 0.790. The van der Waals surface area contributed by atoms with Crippen LogP contribution < -0.4 is 11.1 Å². The Bertz CT molecular complexity index is 512. The van der Waals surface area contributed by atoms with Gasteiger partial charge in [-0.1, -0.05) is 18.5 Å². The molecule has 1 unspecified atom stereocenters. The van der Waals surface area contributed by atoms with E-state index in [1.165, 1.54) is 0 Å². The van der Waals surface area contributed by atoms with Crippen LogP contribution in [0.5, 0.6) is 0 Å². The van der Waals surface area contributed by atoms with Gasteiger partial charge in [0, 0.05) is 18.0 Å². The third-order valence-corrected chi connectivity index (χ3v) is 3.35. The van der Waals surface area contributed by atoms with Crippen molar-refractivity contribution in [1.29, 1.82) is 5.26 Å². The zero-order valence-electron chi connectivity index (χ0n) is 11.7. The van der Waals surface area contributed by atoms with Crippen molar-refractivity contribution in [3.8, 4) is 6.07 Å². The van der Waals surface area contributed by atoms with Gasteiger partial charge in [0.25, 0.3) is 0 Å². The number of hydrogen-bond donors (Lipinski definition) is 2. The van der Waals surface area contributed by atoms with Gasteiger partial charge in [0.05, 0.1) is 23.5 Å². The number of halogens is 1. The monoisotopic (exact) mass is 294 g/mol. The van der Waals surface area contributed by atoms with Crippen LogP contribution in [0.3, 0.4) is 0 Å². The number of likely N-dealkylation sites (N-methyl/N-ethyl adjacent to an activating group) is 1. The number of carbonyl (C=O) groups excluding carboxylic acids is 1. The first-order valence-electron chi connectivity index (χ1n) is 6.46. The molecular weight excluding hydrogens is 276 g/mol. The molecule has 0 heterocycles. The average Bonchev–Trinajstić information content (AvgIpc) is 2.43. The molecule has 5 nitrogen and oxygen atoms in total. The summed E-state index contributed by atoms with van der Waals surface area (Å²) in [6, 6.07) is 6.68. The van der Waals surface area contributed by atoms with Crippen LogP contribution in [-0.2, 0) is 4.79 Å². The molecule has 3 N–H and O–H groups in total. The fraction of sp³-hybridized carbons (Fsp3) is 0.429. The molecule has 0 aliphatic heterocycles.